The van der Waals surface area contributed by atoms with Gasteiger partial charge in [0.05, 0.1) is 7.11 Å². The van der Waals surface area contributed by atoms with Gasteiger partial charge in [-0.15, -0.1) is 0 Å². The monoisotopic (exact) mass is 702 g/mol. The second-order valence-corrected chi connectivity index (χ2v) is 11.6. The van der Waals surface area contributed by atoms with Crippen LogP contribution in [0.3, 0.4) is 0 Å². The van der Waals surface area contributed by atoms with Crippen molar-refractivity contribution in [2.75, 3.05) is 25.7 Å². The number of aryl methyl sites for hydroxylation is 1. The molecule has 0 aliphatic heterocycles. The van der Waals surface area contributed by atoms with Gasteiger partial charge in [0.15, 0.2) is 0 Å². The molecule has 0 spiro atoms. The number of nitrogens with zero attached hydrogens (tertiary/aromatic N) is 2. The number of benzene rings is 4. The Morgan fingerprint density at radius 1 is 0.833 bits per heavy atom. The second-order valence-electron chi connectivity index (χ2n) is 9.74. The first-order valence-corrected chi connectivity index (χ1v) is 14.7. The Bertz CT molecular complexity index is 1680. The van der Waals surface area contributed by atoms with E-state index in [2.05, 4.69) is 36.4 Å². The Morgan fingerprint density at radius 3 is 2.00 bits per heavy atom. The Labute approximate surface area is 258 Å². The molecule has 0 unspecified atom stereocenters. The minimum atomic E-state index is -5.04. The number of alkyl halides is 3. The number of anilines is 1. The summed E-state index contributed by atoms with van der Waals surface area (Å²) in [6.07, 6.45) is -4.68. The van der Waals surface area contributed by atoms with Gasteiger partial charge in [-0.05, 0) is 55.0 Å². The van der Waals surface area contributed by atoms with Crippen LogP contribution in [-0.2, 0) is 21.7 Å². The molecule has 5 nitrogen and oxygen atoms in total. The van der Waals surface area contributed by atoms with Gasteiger partial charge in [-0.1, -0.05) is 68.3 Å². The first-order chi connectivity index (χ1) is 20.1. The van der Waals surface area contributed by atoms with Gasteiger partial charge < -0.3 is 18.9 Å². The molecular formula is C32H27Br2F3N2O3. The standard InChI is InChI=1S/C32H27Br2F3N2O3/c1-41-25-11-6-10-24(20-25)38(30(40)31(42-2,32(35,36)37)21-8-4-3-5-9-21)16-7-17-39-28-14-12-22(33)18-26(28)27-19-23(34)13-15-29(27)39/h3-6,8-15,18-20H,7,16-17H2,1-2H3/t31-/m1/s1. The molecule has 0 bridgehead atoms. The number of rotatable bonds is 9. The maximum atomic E-state index is 14.9. The highest BCUT2D eigenvalue weighted by atomic mass is 79.9. The fourth-order valence-corrected chi connectivity index (χ4v) is 6.12. The molecule has 5 rings (SSSR count). The number of ether oxygens (including phenoxy) is 2. The highest BCUT2D eigenvalue weighted by Crippen LogP contribution is 2.44. The summed E-state index contributed by atoms with van der Waals surface area (Å²) in [5.74, 6) is -0.814. The molecule has 0 N–H and O–H groups in total. The van der Waals surface area contributed by atoms with Gasteiger partial charge in [0.2, 0.25) is 0 Å². The molecule has 0 radical (unpaired) electrons. The molecular weight excluding hydrogens is 677 g/mol. The molecule has 5 aromatic rings. The molecule has 4 aromatic carbocycles. The molecule has 0 fully saturated rings. The minimum absolute atomic E-state index is 0.00571. The maximum absolute atomic E-state index is 14.9. The van der Waals surface area contributed by atoms with Crippen molar-refractivity contribution in [1.82, 2.24) is 4.57 Å². The van der Waals surface area contributed by atoms with Gasteiger partial charge in [-0.25, -0.2) is 0 Å². The average Bonchev–Trinajstić information content (AvgIpc) is 3.27. The van der Waals surface area contributed by atoms with Gasteiger partial charge in [-0.2, -0.15) is 13.2 Å². The Balaban J connectivity index is 1.56. The molecule has 1 atom stereocenters. The molecule has 1 aromatic heterocycles. The molecule has 10 heteroatoms. The summed E-state index contributed by atoms with van der Waals surface area (Å²) in [6, 6.07) is 25.5. The number of hydrogen-bond acceptors (Lipinski definition) is 3. The van der Waals surface area contributed by atoms with E-state index >= 15 is 0 Å². The number of carbonyl (C=O) groups is 1. The average molecular weight is 704 g/mol. The van der Waals surface area contributed by atoms with Crippen LogP contribution >= 0.6 is 31.9 Å². The van der Waals surface area contributed by atoms with Crippen LogP contribution in [0, 0.1) is 0 Å². The summed E-state index contributed by atoms with van der Waals surface area (Å²) in [4.78, 5) is 15.3. The Hall–Kier alpha value is -3.34. The largest absolute Gasteiger partial charge is 0.497 e. The zero-order chi connectivity index (χ0) is 30.1. The number of halogens is 5. The van der Waals surface area contributed by atoms with Crippen molar-refractivity contribution in [1.29, 1.82) is 0 Å². The van der Waals surface area contributed by atoms with Crippen molar-refractivity contribution >= 4 is 65.3 Å². The van der Waals surface area contributed by atoms with E-state index in [4.69, 9.17) is 9.47 Å². The zero-order valence-electron chi connectivity index (χ0n) is 22.8. The number of methoxy groups -OCH3 is 2. The fraction of sp³-hybridized carbons (Fsp3) is 0.219. The van der Waals surface area contributed by atoms with Crippen LogP contribution in [0.5, 0.6) is 5.75 Å². The van der Waals surface area contributed by atoms with Crippen LogP contribution in [0.15, 0.2) is 99.9 Å². The van der Waals surface area contributed by atoms with Crippen molar-refractivity contribution in [3.05, 3.63) is 106 Å². The summed E-state index contributed by atoms with van der Waals surface area (Å²) in [5.41, 5.74) is -1.26. The molecule has 42 heavy (non-hydrogen) atoms. The van der Waals surface area contributed by atoms with E-state index in [9.17, 15) is 18.0 Å². The van der Waals surface area contributed by atoms with E-state index in [-0.39, 0.29) is 17.8 Å². The molecule has 0 saturated heterocycles. The highest BCUT2D eigenvalue weighted by Gasteiger charge is 2.64. The number of amides is 1. The lowest BCUT2D eigenvalue weighted by Crippen LogP contribution is -2.57. The van der Waals surface area contributed by atoms with Crippen molar-refractivity contribution < 1.29 is 27.4 Å². The van der Waals surface area contributed by atoms with Gasteiger partial charge in [0.1, 0.15) is 5.75 Å². The van der Waals surface area contributed by atoms with Crippen LogP contribution in [0.2, 0.25) is 0 Å². The molecule has 0 aliphatic carbocycles. The van der Waals surface area contributed by atoms with Crippen LogP contribution in [-0.4, -0.2) is 37.4 Å². The van der Waals surface area contributed by atoms with Gasteiger partial charge in [0.25, 0.3) is 11.5 Å². The van der Waals surface area contributed by atoms with E-state index in [1.165, 1.54) is 31.4 Å². The molecule has 0 saturated carbocycles. The van der Waals surface area contributed by atoms with E-state index in [0.29, 0.717) is 18.7 Å². The third-order valence-corrected chi connectivity index (χ3v) is 8.34. The van der Waals surface area contributed by atoms with Crippen molar-refractivity contribution in [2.45, 2.75) is 24.7 Å². The predicted octanol–water partition coefficient (Wildman–Crippen LogP) is 8.86. The predicted molar refractivity (Wildman–Crippen MR) is 166 cm³/mol. The van der Waals surface area contributed by atoms with E-state index in [0.717, 1.165) is 42.8 Å². The van der Waals surface area contributed by atoms with Crippen molar-refractivity contribution in [3.8, 4) is 5.75 Å². The zero-order valence-corrected chi connectivity index (χ0v) is 26.0. The highest BCUT2D eigenvalue weighted by molar-refractivity contribution is 9.10. The second kappa shape index (κ2) is 12.1. The lowest BCUT2D eigenvalue weighted by molar-refractivity contribution is -0.264. The topological polar surface area (TPSA) is 43.7 Å². The Morgan fingerprint density at radius 2 is 1.45 bits per heavy atom. The molecule has 1 heterocycles. The smallest absolute Gasteiger partial charge is 0.430 e. The Kier molecular flexibility index (Phi) is 8.68. The van der Waals surface area contributed by atoms with Gasteiger partial charge in [0, 0.05) is 68.3 Å². The number of carbonyl (C=O) groups excluding carboxylic acids is 1. The summed E-state index contributed by atoms with van der Waals surface area (Å²) in [5, 5.41) is 2.09. The van der Waals surface area contributed by atoms with E-state index < -0.39 is 17.7 Å². The van der Waals surface area contributed by atoms with Crippen molar-refractivity contribution in [3.63, 3.8) is 0 Å². The first-order valence-electron chi connectivity index (χ1n) is 13.1. The summed E-state index contributed by atoms with van der Waals surface area (Å²) >= 11 is 7.11. The maximum Gasteiger partial charge on any atom is 0.430 e. The van der Waals surface area contributed by atoms with Gasteiger partial charge >= 0.3 is 6.18 Å². The first kappa shape index (κ1) is 30.1. The third-order valence-electron chi connectivity index (χ3n) is 7.35. The summed E-state index contributed by atoms with van der Waals surface area (Å²) in [6.45, 7) is 0.447. The third kappa shape index (κ3) is 5.43. The minimum Gasteiger partial charge on any atom is -0.497 e. The molecule has 218 valence electrons. The number of aromatic nitrogens is 1. The number of hydrogen-bond donors (Lipinski definition) is 0. The summed E-state index contributed by atoms with van der Waals surface area (Å²) < 4.78 is 59.1. The molecule has 1 amide bonds. The van der Waals surface area contributed by atoms with Crippen LogP contribution in [0.1, 0.15) is 12.0 Å². The fourth-order valence-electron chi connectivity index (χ4n) is 5.39. The van der Waals surface area contributed by atoms with E-state index in [1.54, 1.807) is 30.3 Å². The van der Waals surface area contributed by atoms with Crippen LogP contribution < -0.4 is 9.64 Å². The molecule has 0 aliphatic rings. The van der Waals surface area contributed by atoms with Gasteiger partial charge in [-0.3, -0.25) is 4.79 Å². The van der Waals surface area contributed by atoms with Crippen LogP contribution in [0.25, 0.3) is 21.8 Å². The lowest BCUT2D eigenvalue weighted by Gasteiger charge is -2.38. The number of fused-ring (bicyclic) bond motifs is 3. The van der Waals surface area contributed by atoms with E-state index in [1.807, 2.05) is 36.4 Å². The lowest BCUT2D eigenvalue weighted by atomic mass is 9.90. The SMILES string of the molecule is COc1cccc(N(CCCn2c3ccc(Br)cc3c3cc(Br)ccc32)C(=O)[C@](OC)(c2ccccc2)C(F)(F)F)c1. The van der Waals surface area contributed by atoms with Crippen LogP contribution in [0.4, 0.5) is 18.9 Å². The van der Waals surface area contributed by atoms with Crippen molar-refractivity contribution in [2.24, 2.45) is 0 Å². The quantitative estimate of drug-likeness (QED) is 0.154. The summed E-state index contributed by atoms with van der Waals surface area (Å²) in [7, 11) is 2.37. The normalized spacial score (nSPS) is 13.3.